The monoisotopic (exact) mass is 400 g/mol. The maximum atomic E-state index is 12.1. The fourth-order valence-electron chi connectivity index (χ4n) is 2.09. The number of nitrogens with one attached hydrogen (secondary N) is 1. The fourth-order valence-corrected chi connectivity index (χ4v) is 2.83. The van der Waals surface area contributed by atoms with Gasteiger partial charge >= 0.3 is 5.97 Å². The zero-order chi connectivity index (χ0) is 20.4. The number of nitrogens with two attached hydrogens (primary N) is 1. The number of hydrogen-bond donors (Lipinski definition) is 2. The Hall–Kier alpha value is -3.26. The van der Waals surface area contributed by atoms with Gasteiger partial charge in [-0.2, -0.15) is 0 Å². The maximum absolute atomic E-state index is 12.1. The summed E-state index contributed by atoms with van der Waals surface area (Å²) in [7, 11) is 0. The van der Waals surface area contributed by atoms with Gasteiger partial charge in [-0.1, -0.05) is 18.2 Å². The molecule has 0 radical (unpaired) electrons. The maximum Gasteiger partial charge on any atom is 0.338 e. The van der Waals surface area contributed by atoms with Crippen molar-refractivity contribution in [3.63, 3.8) is 0 Å². The molecule has 0 aliphatic carbocycles. The number of primary amides is 1. The molecule has 28 heavy (non-hydrogen) atoms. The highest BCUT2D eigenvalue weighted by Gasteiger charge is 2.12. The summed E-state index contributed by atoms with van der Waals surface area (Å²) in [5, 5.41) is 2.73. The molecule has 0 aromatic heterocycles. The van der Waals surface area contributed by atoms with Crippen molar-refractivity contribution in [2.75, 3.05) is 24.3 Å². The van der Waals surface area contributed by atoms with E-state index >= 15 is 0 Å². The molecule has 0 aliphatic rings. The van der Waals surface area contributed by atoms with E-state index in [-0.39, 0.29) is 12.2 Å². The van der Waals surface area contributed by atoms with E-state index in [1.165, 1.54) is 36.0 Å². The minimum absolute atomic E-state index is 0.251. The van der Waals surface area contributed by atoms with Crippen LogP contribution in [0.1, 0.15) is 10.4 Å². The zero-order valence-electron chi connectivity index (χ0n) is 15.1. The van der Waals surface area contributed by atoms with Gasteiger partial charge in [0, 0.05) is 10.6 Å². The first-order chi connectivity index (χ1) is 13.5. The Morgan fingerprint density at radius 3 is 2.46 bits per heavy atom. The SMILES string of the molecule is C=CCSc1ccccc1NC(=O)COC(=O)c1ccc(OCC(N)=O)cc1. The molecule has 0 aliphatic heterocycles. The van der Waals surface area contributed by atoms with Crippen LogP contribution in [0.5, 0.6) is 5.75 Å². The number of carbonyl (C=O) groups is 3. The second-order valence-corrected chi connectivity index (χ2v) is 6.56. The highest BCUT2D eigenvalue weighted by Crippen LogP contribution is 2.26. The van der Waals surface area contributed by atoms with Crippen molar-refractivity contribution >= 4 is 35.2 Å². The molecule has 2 rings (SSSR count). The summed E-state index contributed by atoms with van der Waals surface area (Å²) in [6.45, 7) is 3.00. The van der Waals surface area contributed by atoms with Gasteiger partial charge in [-0.15, -0.1) is 18.3 Å². The summed E-state index contributed by atoms with van der Waals surface area (Å²) in [6, 6.07) is 13.3. The normalized spacial score (nSPS) is 10.0. The van der Waals surface area contributed by atoms with Gasteiger partial charge in [0.15, 0.2) is 13.2 Å². The van der Waals surface area contributed by atoms with Crippen molar-refractivity contribution in [1.82, 2.24) is 0 Å². The van der Waals surface area contributed by atoms with E-state index in [1.54, 1.807) is 18.2 Å². The predicted octanol–water partition coefficient (Wildman–Crippen LogP) is 2.62. The lowest BCUT2D eigenvalue weighted by atomic mass is 10.2. The fraction of sp³-hybridized carbons (Fsp3) is 0.150. The van der Waals surface area contributed by atoms with E-state index in [9.17, 15) is 14.4 Å². The lowest BCUT2D eigenvalue weighted by Crippen LogP contribution is -2.21. The predicted molar refractivity (Wildman–Crippen MR) is 107 cm³/mol. The van der Waals surface area contributed by atoms with Crippen LogP contribution >= 0.6 is 11.8 Å². The van der Waals surface area contributed by atoms with Crippen molar-refractivity contribution in [2.24, 2.45) is 5.73 Å². The number of anilines is 1. The molecule has 0 saturated heterocycles. The number of carbonyl (C=O) groups excluding carboxylic acids is 3. The molecule has 8 heteroatoms. The first-order valence-electron chi connectivity index (χ1n) is 8.30. The molecule has 3 N–H and O–H groups in total. The average Bonchev–Trinajstić information content (AvgIpc) is 2.70. The second kappa shape index (κ2) is 10.8. The summed E-state index contributed by atoms with van der Waals surface area (Å²) < 4.78 is 10.1. The highest BCUT2D eigenvalue weighted by atomic mass is 32.2. The summed E-state index contributed by atoms with van der Waals surface area (Å²) in [4.78, 5) is 35.7. The summed E-state index contributed by atoms with van der Waals surface area (Å²) in [5.74, 6) is -0.589. The smallest absolute Gasteiger partial charge is 0.338 e. The minimum Gasteiger partial charge on any atom is -0.484 e. The molecule has 2 amide bonds. The highest BCUT2D eigenvalue weighted by molar-refractivity contribution is 7.99. The third kappa shape index (κ3) is 6.81. The zero-order valence-corrected chi connectivity index (χ0v) is 15.9. The van der Waals surface area contributed by atoms with Gasteiger partial charge in [-0.3, -0.25) is 9.59 Å². The van der Waals surface area contributed by atoms with Crippen LogP contribution in [0.15, 0.2) is 66.1 Å². The van der Waals surface area contributed by atoms with Crippen LogP contribution < -0.4 is 15.8 Å². The van der Waals surface area contributed by atoms with Crippen LogP contribution in [0.25, 0.3) is 0 Å². The van der Waals surface area contributed by atoms with Gasteiger partial charge in [-0.25, -0.2) is 4.79 Å². The number of ether oxygens (including phenoxy) is 2. The van der Waals surface area contributed by atoms with E-state index in [4.69, 9.17) is 15.2 Å². The number of hydrogen-bond acceptors (Lipinski definition) is 6. The molecule has 2 aromatic carbocycles. The van der Waals surface area contributed by atoms with Crippen LogP contribution in [0.2, 0.25) is 0 Å². The number of amides is 2. The number of thioether (sulfide) groups is 1. The Morgan fingerprint density at radius 1 is 1.07 bits per heavy atom. The largest absolute Gasteiger partial charge is 0.484 e. The number of rotatable bonds is 10. The molecule has 0 fully saturated rings. The minimum atomic E-state index is -0.647. The van der Waals surface area contributed by atoms with Crippen LogP contribution in [-0.4, -0.2) is 36.8 Å². The molecule has 0 saturated carbocycles. The van der Waals surface area contributed by atoms with Crippen molar-refractivity contribution < 1.29 is 23.9 Å². The Morgan fingerprint density at radius 2 is 1.79 bits per heavy atom. The Labute approximate surface area is 166 Å². The first kappa shape index (κ1) is 21.0. The molecular formula is C20H20N2O5S. The molecule has 0 unspecified atom stereocenters. The lowest BCUT2D eigenvalue weighted by Gasteiger charge is -2.10. The van der Waals surface area contributed by atoms with E-state index in [2.05, 4.69) is 11.9 Å². The second-order valence-electron chi connectivity index (χ2n) is 5.50. The van der Waals surface area contributed by atoms with E-state index in [0.717, 1.165) is 4.90 Å². The van der Waals surface area contributed by atoms with Crippen LogP contribution in [0.3, 0.4) is 0 Å². The van der Waals surface area contributed by atoms with Gasteiger partial charge < -0.3 is 20.5 Å². The van der Waals surface area contributed by atoms with Gasteiger partial charge in [0.05, 0.1) is 11.3 Å². The van der Waals surface area contributed by atoms with Crippen molar-refractivity contribution in [3.8, 4) is 5.75 Å². The molecule has 146 valence electrons. The van der Waals surface area contributed by atoms with E-state index in [0.29, 0.717) is 17.2 Å². The summed E-state index contributed by atoms with van der Waals surface area (Å²) in [6.07, 6.45) is 1.77. The molecular weight excluding hydrogens is 380 g/mol. The van der Waals surface area contributed by atoms with Crippen molar-refractivity contribution in [3.05, 3.63) is 66.7 Å². The van der Waals surface area contributed by atoms with Crippen LogP contribution in [0.4, 0.5) is 5.69 Å². The topological polar surface area (TPSA) is 108 Å². The molecule has 0 atom stereocenters. The van der Waals surface area contributed by atoms with Crippen molar-refractivity contribution in [1.29, 1.82) is 0 Å². The quantitative estimate of drug-likeness (QED) is 0.361. The number of benzene rings is 2. The van der Waals surface area contributed by atoms with Gasteiger partial charge in [0.2, 0.25) is 0 Å². The lowest BCUT2D eigenvalue weighted by molar-refractivity contribution is -0.120. The van der Waals surface area contributed by atoms with Crippen molar-refractivity contribution in [2.45, 2.75) is 4.90 Å². The Kier molecular flexibility index (Phi) is 8.11. The molecule has 7 nitrogen and oxygen atoms in total. The Bertz CT molecular complexity index is 852. The first-order valence-corrected chi connectivity index (χ1v) is 9.29. The van der Waals surface area contributed by atoms with E-state index in [1.807, 2.05) is 12.1 Å². The summed E-state index contributed by atoms with van der Waals surface area (Å²) in [5.41, 5.74) is 5.89. The molecule has 0 spiro atoms. The Balaban J connectivity index is 1.86. The summed E-state index contributed by atoms with van der Waals surface area (Å²) >= 11 is 1.54. The standard InChI is InChI=1S/C20H20N2O5S/c1-2-11-28-17-6-4-3-5-16(17)22-19(24)13-27-20(25)14-7-9-15(10-8-14)26-12-18(21)23/h2-10H,1,11-13H2,(H2,21,23)(H,22,24). The number of para-hydroxylation sites is 1. The third-order valence-electron chi connectivity index (χ3n) is 3.32. The average molecular weight is 400 g/mol. The van der Waals surface area contributed by atoms with Gasteiger partial charge in [0.1, 0.15) is 5.75 Å². The third-order valence-corrected chi connectivity index (χ3v) is 4.39. The van der Waals surface area contributed by atoms with Crippen LogP contribution in [-0.2, 0) is 14.3 Å². The van der Waals surface area contributed by atoms with Gasteiger partial charge in [-0.05, 0) is 36.4 Å². The number of esters is 1. The van der Waals surface area contributed by atoms with E-state index < -0.39 is 24.4 Å². The van der Waals surface area contributed by atoms with Crippen LogP contribution in [0, 0.1) is 0 Å². The molecule has 0 heterocycles. The molecule has 2 aromatic rings. The van der Waals surface area contributed by atoms with Gasteiger partial charge in [0.25, 0.3) is 11.8 Å². The molecule has 0 bridgehead atoms.